The van der Waals surface area contributed by atoms with Crippen LogP contribution in [0.4, 0.5) is 5.82 Å². The van der Waals surface area contributed by atoms with Crippen molar-refractivity contribution in [2.45, 2.75) is 20.4 Å². The summed E-state index contributed by atoms with van der Waals surface area (Å²) in [6.45, 7) is 4.74. The van der Waals surface area contributed by atoms with E-state index in [4.69, 9.17) is 0 Å². The van der Waals surface area contributed by atoms with Gasteiger partial charge in [-0.1, -0.05) is 6.07 Å². The molecule has 0 bridgehead atoms. The monoisotopic (exact) mass is 306 g/mol. The molecule has 116 valence electrons. The number of nitrogens with zero attached hydrogens (tertiary/aromatic N) is 5. The Hall–Kier alpha value is -2.89. The predicted octanol–water partition coefficient (Wildman–Crippen LogP) is 2.84. The minimum absolute atomic E-state index is 0.639. The van der Waals surface area contributed by atoms with Crippen LogP contribution in [0.5, 0.6) is 0 Å². The van der Waals surface area contributed by atoms with Gasteiger partial charge in [0.1, 0.15) is 0 Å². The molecule has 0 aromatic carbocycles. The van der Waals surface area contributed by atoms with E-state index in [0.717, 1.165) is 28.1 Å². The van der Waals surface area contributed by atoms with Crippen molar-refractivity contribution in [3.8, 4) is 0 Å². The molecule has 0 atom stereocenters. The summed E-state index contributed by atoms with van der Waals surface area (Å²) >= 11 is 0. The average molecular weight is 306 g/mol. The Balaban J connectivity index is 1.72. The molecule has 1 N–H and O–H groups in total. The van der Waals surface area contributed by atoms with E-state index in [1.807, 2.05) is 42.9 Å². The molecule has 23 heavy (non-hydrogen) atoms. The normalized spacial score (nSPS) is 11.4. The van der Waals surface area contributed by atoms with E-state index in [1.54, 1.807) is 0 Å². The van der Waals surface area contributed by atoms with Crippen molar-refractivity contribution in [2.24, 2.45) is 7.05 Å². The van der Waals surface area contributed by atoms with E-state index in [9.17, 15) is 0 Å². The van der Waals surface area contributed by atoms with Crippen molar-refractivity contribution >= 4 is 22.1 Å². The van der Waals surface area contributed by atoms with Crippen LogP contribution in [0.25, 0.3) is 16.3 Å². The second-order valence-electron chi connectivity index (χ2n) is 5.79. The van der Waals surface area contributed by atoms with Crippen LogP contribution in [0.15, 0.2) is 36.7 Å². The number of hydrogen-bond acceptors (Lipinski definition) is 4. The summed E-state index contributed by atoms with van der Waals surface area (Å²) in [4.78, 5) is 0. The fraction of sp³-hybridized carbons (Fsp3) is 0.235. The van der Waals surface area contributed by atoms with Crippen LogP contribution in [0, 0.1) is 13.8 Å². The third-order valence-electron chi connectivity index (χ3n) is 4.34. The lowest BCUT2D eigenvalue weighted by Gasteiger charge is -2.09. The lowest BCUT2D eigenvalue weighted by atomic mass is 10.2. The molecule has 0 radical (unpaired) electrons. The molecule has 0 fully saturated rings. The summed E-state index contributed by atoms with van der Waals surface area (Å²) in [7, 11) is 2.04. The zero-order chi connectivity index (χ0) is 16.0. The maximum absolute atomic E-state index is 4.36. The standard InChI is InChI=1S/C17H18N6/c1-11-16-12(2)22(3)10-15(16)17(21-20-11)18-9-14-6-4-5-13-7-8-19-23(13)14/h4-8,10H,9H2,1-3H3,(H,18,21). The third-order valence-corrected chi connectivity index (χ3v) is 4.34. The van der Waals surface area contributed by atoms with Gasteiger partial charge in [-0.25, -0.2) is 4.52 Å². The molecule has 0 saturated heterocycles. The van der Waals surface area contributed by atoms with E-state index in [1.165, 1.54) is 11.1 Å². The van der Waals surface area contributed by atoms with Gasteiger partial charge in [-0.2, -0.15) is 10.2 Å². The molecule has 0 spiro atoms. The summed E-state index contributed by atoms with van der Waals surface area (Å²) in [5.74, 6) is 0.804. The SMILES string of the molecule is Cc1nnc(NCc2cccc3ccnn23)c2cn(C)c(C)c12. The number of hydrogen-bond donors (Lipinski definition) is 1. The number of rotatable bonds is 3. The predicted molar refractivity (Wildman–Crippen MR) is 90.5 cm³/mol. The Kier molecular flexibility index (Phi) is 3.04. The first-order valence-electron chi connectivity index (χ1n) is 7.59. The highest BCUT2D eigenvalue weighted by molar-refractivity contribution is 5.95. The second kappa shape index (κ2) is 5.08. The summed E-state index contributed by atoms with van der Waals surface area (Å²) in [5.41, 5.74) is 4.32. The number of fused-ring (bicyclic) bond motifs is 2. The van der Waals surface area contributed by atoms with Crippen molar-refractivity contribution in [2.75, 3.05) is 5.32 Å². The Morgan fingerprint density at radius 1 is 1.13 bits per heavy atom. The fourth-order valence-corrected chi connectivity index (χ4v) is 3.04. The van der Waals surface area contributed by atoms with Crippen LogP contribution in [0.3, 0.4) is 0 Å². The van der Waals surface area contributed by atoms with Crippen molar-refractivity contribution in [3.05, 3.63) is 53.7 Å². The van der Waals surface area contributed by atoms with Crippen molar-refractivity contribution in [1.82, 2.24) is 24.4 Å². The van der Waals surface area contributed by atoms with Crippen LogP contribution in [-0.2, 0) is 13.6 Å². The zero-order valence-corrected chi connectivity index (χ0v) is 13.4. The van der Waals surface area contributed by atoms with Gasteiger partial charge in [-0.15, -0.1) is 5.10 Å². The number of nitrogens with one attached hydrogen (secondary N) is 1. The topological polar surface area (TPSA) is 60.0 Å². The maximum atomic E-state index is 4.36. The highest BCUT2D eigenvalue weighted by Crippen LogP contribution is 2.27. The number of pyridine rings is 1. The van der Waals surface area contributed by atoms with E-state index in [-0.39, 0.29) is 0 Å². The molecular weight excluding hydrogens is 288 g/mol. The van der Waals surface area contributed by atoms with Crippen LogP contribution in [0.1, 0.15) is 17.1 Å². The zero-order valence-electron chi connectivity index (χ0n) is 13.4. The number of aryl methyl sites for hydroxylation is 3. The molecule has 6 nitrogen and oxygen atoms in total. The number of aromatic nitrogens is 5. The lowest BCUT2D eigenvalue weighted by molar-refractivity contribution is 0.864. The molecule has 0 aliphatic heterocycles. The molecule has 0 saturated carbocycles. The van der Waals surface area contributed by atoms with Crippen LogP contribution < -0.4 is 5.32 Å². The molecule has 4 aromatic rings. The van der Waals surface area contributed by atoms with Gasteiger partial charge in [0, 0.05) is 35.9 Å². The quantitative estimate of drug-likeness (QED) is 0.632. The molecular formula is C17H18N6. The number of anilines is 1. The smallest absolute Gasteiger partial charge is 0.158 e. The first-order chi connectivity index (χ1) is 11.1. The Labute approximate surface area is 133 Å². The van der Waals surface area contributed by atoms with Gasteiger partial charge in [-0.05, 0) is 32.0 Å². The van der Waals surface area contributed by atoms with Crippen molar-refractivity contribution in [3.63, 3.8) is 0 Å². The molecule has 4 heterocycles. The summed E-state index contributed by atoms with van der Waals surface area (Å²) in [5, 5.41) is 18.7. The van der Waals surface area contributed by atoms with Gasteiger partial charge in [-0.3, -0.25) is 0 Å². The van der Waals surface area contributed by atoms with Gasteiger partial charge in [0.25, 0.3) is 0 Å². The second-order valence-corrected chi connectivity index (χ2v) is 5.79. The van der Waals surface area contributed by atoms with E-state index in [0.29, 0.717) is 6.54 Å². The average Bonchev–Trinajstić information content (AvgIpc) is 3.13. The molecule has 4 aromatic heterocycles. The summed E-state index contributed by atoms with van der Waals surface area (Å²) < 4.78 is 4.04. The highest BCUT2D eigenvalue weighted by Gasteiger charge is 2.12. The van der Waals surface area contributed by atoms with Crippen LogP contribution in [0.2, 0.25) is 0 Å². The molecule has 0 aliphatic carbocycles. The van der Waals surface area contributed by atoms with Crippen LogP contribution in [-0.4, -0.2) is 24.4 Å². The van der Waals surface area contributed by atoms with Gasteiger partial charge in [0.05, 0.1) is 23.4 Å². The Morgan fingerprint density at radius 3 is 2.87 bits per heavy atom. The van der Waals surface area contributed by atoms with Gasteiger partial charge < -0.3 is 9.88 Å². The molecule has 0 unspecified atom stereocenters. The van der Waals surface area contributed by atoms with Crippen molar-refractivity contribution in [1.29, 1.82) is 0 Å². The summed E-state index contributed by atoms with van der Waals surface area (Å²) in [6.07, 6.45) is 3.91. The molecule has 6 heteroatoms. The molecule has 0 aliphatic rings. The Bertz CT molecular complexity index is 1010. The largest absolute Gasteiger partial charge is 0.362 e. The van der Waals surface area contributed by atoms with Crippen molar-refractivity contribution < 1.29 is 0 Å². The summed E-state index contributed by atoms with van der Waals surface area (Å²) in [6, 6.07) is 8.13. The van der Waals surface area contributed by atoms with Gasteiger partial charge in [0.15, 0.2) is 5.82 Å². The minimum Gasteiger partial charge on any atom is -0.362 e. The molecule has 4 rings (SSSR count). The van der Waals surface area contributed by atoms with Crippen LogP contribution >= 0.6 is 0 Å². The van der Waals surface area contributed by atoms with E-state index < -0.39 is 0 Å². The Morgan fingerprint density at radius 2 is 2.00 bits per heavy atom. The fourth-order valence-electron chi connectivity index (χ4n) is 3.04. The van der Waals surface area contributed by atoms with Gasteiger partial charge in [0.2, 0.25) is 0 Å². The van der Waals surface area contributed by atoms with E-state index in [2.05, 4.69) is 44.4 Å². The third kappa shape index (κ3) is 2.14. The maximum Gasteiger partial charge on any atom is 0.158 e. The first-order valence-corrected chi connectivity index (χ1v) is 7.59. The first kappa shape index (κ1) is 13.8. The highest BCUT2D eigenvalue weighted by atomic mass is 15.2. The molecule has 0 amide bonds. The van der Waals surface area contributed by atoms with E-state index >= 15 is 0 Å². The lowest BCUT2D eigenvalue weighted by Crippen LogP contribution is -2.07. The van der Waals surface area contributed by atoms with Gasteiger partial charge >= 0.3 is 0 Å². The minimum atomic E-state index is 0.639.